The second kappa shape index (κ2) is 3.21. The predicted octanol–water partition coefficient (Wildman–Crippen LogP) is 2.47. The van der Waals surface area contributed by atoms with E-state index in [1.807, 2.05) is 0 Å². The van der Waals surface area contributed by atoms with Crippen LogP contribution in [0.4, 0.5) is 0 Å². The fourth-order valence-corrected chi connectivity index (χ4v) is 1.81. The summed E-state index contributed by atoms with van der Waals surface area (Å²) in [4.78, 5) is 10.7. The molecule has 0 bridgehead atoms. The highest BCUT2D eigenvalue weighted by molar-refractivity contribution is 5.79. The van der Waals surface area contributed by atoms with Gasteiger partial charge in [0.15, 0.2) is 0 Å². The van der Waals surface area contributed by atoms with Crippen LogP contribution in [0, 0.1) is 0 Å². The molecule has 2 heteroatoms. The molecule has 0 unspecified atom stereocenters. The van der Waals surface area contributed by atoms with E-state index in [1.54, 1.807) is 18.2 Å². The lowest BCUT2D eigenvalue weighted by Gasteiger charge is -2.27. The number of rotatable bonds is 2. The van der Waals surface area contributed by atoms with Crippen molar-refractivity contribution in [3.05, 3.63) is 29.3 Å². The summed E-state index contributed by atoms with van der Waals surface area (Å²) in [7, 11) is 0. The molecule has 1 aliphatic rings. The predicted molar refractivity (Wildman–Crippen MR) is 50.1 cm³/mol. The quantitative estimate of drug-likeness (QED) is 0.703. The molecular formula is C11H12O2. The average Bonchev–Trinajstić information content (AvgIpc) is 2.05. The van der Waals surface area contributed by atoms with E-state index in [0.717, 1.165) is 24.7 Å². The number of phenolic OH excluding ortho intramolecular Hbond substituents is 1. The third-order valence-electron chi connectivity index (χ3n) is 2.76. The molecular weight excluding hydrogens is 164 g/mol. The van der Waals surface area contributed by atoms with Gasteiger partial charge in [-0.3, -0.25) is 4.79 Å². The van der Waals surface area contributed by atoms with Crippen molar-refractivity contribution in [2.45, 2.75) is 25.2 Å². The number of phenols is 1. The molecule has 0 heterocycles. The van der Waals surface area contributed by atoms with Gasteiger partial charge in [0.05, 0.1) is 0 Å². The van der Waals surface area contributed by atoms with Crippen LogP contribution in [0.25, 0.3) is 0 Å². The first-order chi connectivity index (χ1) is 6.33. The lowest BCUT2D eigenvalue weighted by Crippen LogP contribution is -2.11. The molecule has 0 aliphatic heterocycles. The highest BCUT2D eigenvalue weighted by Gasteiger charge is 2.24. The molecule has 2 rings (SSSR count). The summed E-state index contributed by atoms with van der Waals surface area (Å²) in [6.07, 6.45) is 4.22. The van der Waals surface area contributed by atoms with E-state index in [2.05, 4.69) is 0 Å². The minimum Gasteiger partial charge on any atom is -0.508 e. The van der Waals surface area contributed by atoms with Crippen LogP contribution < -0.4 is 0 Å². The van der Waals surface area contributed by atoms with Crippen LogP contribution in [0.15, 0.2) is 18.2 Å². The standard InChI is InChI=1S/C11H12O2/c12-7-9-5-2-6-10(13)11(9)8-3-1-4-8/h2,5-8,13H,1,3-4H2. The van der Waals surface area contributed by atoms with Crippen LogP contribution in [0.1, 0.15) is 41.1 Å². The summed E-state index contributed by atoms with van der Waals surface area (Å²) in [5, 5.41) is 9.60. The maximum atomic E-state index is 10.7. The Bertz CT molecular complexity index is 327. The number of hydrogen-bond donors (Lipinski definition) is 1. The fraction of sp³-hybridized carbons (Fsp3) is 0.364. The molecule has 68 valence electrons. The number of carbonyl (C=O) groups is 1. The van der Waals surface area contributed by atoms with Crippen LogP contribution in [-0.4, -0.2) is 11.4 Å². The minimum absolute atomic E-state index is 0.273. The van der Waals surface area contributed by atoms with Gasteiger partial charge in [-0.25, -0.2) is 0 Å². The van der Waals surface area contributed by atoms with E-state index in [9.17, 15) is 9.90 Å². The Labute approximate surface area is 77.2 Å². The van der Waals surface area contributed by atoms with E-state index in [-0.39, 0.29) is 5.75 Å². The first kappa shape index (κ1) is 8.30. The van der Waals surface area contributed by atoms with E-state index < -0.39 is 0 Å². The molecule has 0 saturated heterocycles. The van der Waals surface area contributed by atoms with Crippen molar-refractivity contribution in [2.24, 2.45) is 0 Å². The average molecular weight is 176 g/mol. The molecule has 1 N–H and O–H groups in total. The van der Waals surface area contributed by atoms with Gasteiger partial charge in [0.25, 0.3) is 0 Å². The lowest BCUT2D eigenvalue weighted by atomic mass is 9.78. The van der Waals surface area contributed by atoms with E-state index in [1.165, 1.54) is 6.42 Å². The summed E-state index contributed by atoms with van der Waals surface area (Å²) < 4.78 is 0. The molecule has 0 amide bonds. The molecule has 1 fully saturated rings. The highest BCUT2D eigenvalue weighted by atomic mass is 16.3. The van der Waals surface area contributed by atoms with Gasteiger partial charge in [0.2, 0.25) is 0 Å². The van der Waals surface area contributed by atoms with Crippen molar-refractivity contribution in [3.8, 4) is 5.75 Å². The van der Waals surface area contributed by atoms with E-state index >= 15 is 0 Å². The minimum atomic E-state index is 0.273. The Morgan fingerprint density at radius 3 is 2.69 bits per heavy atom. The zero-order valence-corrected chi connectivity index (χ0v) is 7.36. The van der Waals surface area contributed by atoms with Crippen LogP contribution in [0.5, 0.6) is 5.75 Å². The Morgan fingerprint density at radius 1 is 1.38 bits per heavy atom. The first-order valence-corrected chi connectivity index (χ1v) is 4.60. The summed E-state index contributed by atoms with van der Waals surface area (Å²) in [6.45, 7) is 0. The Balaban J connectivity index is 2.44. The summed E-state index contributed by atoms with van der Waals surface area (Å²) in [5.41, 5.74) is 1.49. The molecule has 1 aromatic rings. The van der Waals surface area contributed by atoms with Crippen molar-refractivity contribution in [3.63, 3.8) is 0 Å². The lowest BCUT2D eigenvalue weighted by molar-refractivity contribution is 0.112. The first-order valence-electron chi connectivity index (χ1n) is 4.60. The van der Waals surface area contributed by atoms with Crippen molar-refractivity contribution < 1.29 is 9.90 Å². The largest absolute Gasteiger partial charge is 0.508 e. The van der Waals surface area contributed by atoms with Gasteiger partial charge >= 0.3 is 0 Å². The highest BCUT2D eigenvalue weighted by Crippen LogP contribution is 2.41. The van der Waals surface area contributed by atoms with Crippen molar-refractivity contribution in [1.82, 2.24) is 0 Å². The zero-order chi connectivity index (χ0) is 9.26. The van der Waals surface area contributed by atoms with Crippen LogP contribution in [-0.2, 0) is 0 Å². The number of benzene rings is 1. The molecule has 0 spiro atoms. The molecule has 0 radical (unpaired) electrons. The number of aromatic hydroxyl groups is 1. The van der Waals surface area contributed by atoms with Gasteiger partial charge in [0.1, 0.15) is 12.0 Å². The molecule has 0 atom stereocenters. The Hall–Kier alpha value is -1.31. The molecule has 0 aromatic heterocycles. The fourth-order valence-electron chi connectivity index (χ4n) is 1.81. The van der Waals surface area contributed by atoms with E-state index in [0.29, 0.717) is 11.5 Å². The molecule has 13 heavy (non-hydrogen) atoms. The van der Waals surface area contributed by atoms with Gasteiger partial charge in [-0.05, 0) is 24.8 Å². The maximum absolute atomic E-state index is 10.7. The molecule has 1 saturated carbocycles. The maximum Gasteiger partial charge on any atom is 0.150 e. The smallest absolute Gasteiger partial charge is 0.150 e. The monoisotopic (exact) mass is 176 g/mol. The van der Waals surface area contributed by atoms with Crippen LogP contribution in [0.3, 0.4) is 0 Å². The van der Waals surface area contributed by atoms with E-state index in [4.69, 9.17) is 0 Å². The molecule has 2 nitrogen and oxygen atoms in total. The number of carbonyl (C=O) groups excluding carboxylic acids is 1. The third-order valence-corrected chi connectivity index (χ3v) is 2.76. The molecule has 1 aromatic carbocycles. The van der Waals surface area contributed by atoms with Crippen molar-refractivity contribution in [1.29, 1.82) is 0 Å². The van der Waals surface area contributed by atoms with Crippen LogP contribution >= 0.6 is 0 Å². The number of aldehydes is 1. The summed E-state index contributed by atoms with van der Waals surface area (Å²) >= 11 is 0. The van der Waals surface area contributed by atoms with Crippen molar-refractivity contribution >= 4 is 6.29 Å². The molecule has 1 aliphatic carbocycles. The second-order valence-corrected chi connectivity index (χ2v) is 3.53. The van der Waals surface area contributed by atoms with Crippen LogP contribution in [0.2, 0.25) is 0 Å². The SMILES string of the molecule is O=Cc1cccc(O)c1C1CCC1. The Morgan fingerprint density at radius 2 is 2.15 bits per heavy atom. The van der Waals surface area contributed by atoms with Gasteiger partial charge < -0.3 is 5.11 Å². The third kappa shape index (κ3) is 1.32. The summed E-state index contributed by atoms with van der Waals surface area (Å²) in [6, 6.07) is 5.13. The second-order valence-electron chi connectivity index (χ2n) is 3.53. The summed E-state index contributed by atoms with van der Waals surface area (Å²) in [5.74, 6) is 0.677. The normalized spacial score (nSPS) is 16.6. The van der Waals surface area contributed by atoms with Gasteiger partial charge in [-0.1, -0.05) is 18.6 Å². The van der Waals surface area contributed by atoms with Gasteiger partial charge in [0, 0.05) is 11.1 Å². The van der Waals surface area contributed by atoms with Gasteiger partial charge in [-0.2, -0.15) is 0 Å². The zero-order valence-electron chi connectivity index (χ0n) is 7.36. The Kier molecular flexibility index (Phi) is 2.05. The number of hydrogen-bond acceptors (Lipinski definition) is 2. The topological polar surface area (TPSA) is 37.3 Å². The van der Waals surface area contributed by atoms with Gasteiger partial charge in [-0.15, -0.1) is 0 Å². The van der Waals surface area contributed by atoms with Crippen molar-refractivity contribution in [2.75, 3.05) is 0 Å².